The van der Waals surface area contributed by atoms with Crippen LogP contribution in [0.1, 0.15) is 52.4 Å². The third-order valence-corrected chi connectivity index (χ3v) is 6.43. The monoisotopic (exact) mass is 387 g/mol. The molecule has 3 saturated heterocycles. The third kappa shape index (κ3) is 4.40. The van der Waals surface area contributed by atoms with E-state index in [4.69, 9.17) is 4.74 Å². The van der Waals surface area contributed by atoms with Crippen LogP contribution in [0.4, 0.5) is 11.6 Å². The van der Waals surface area contributed by atoms with Crippen molar-refractivity contribution >= 4 is 17.5 Å². The highest BCUT2D eigenvalue weighted by Gasteiger charge is 2.41. The Morgan fingerprint density at radius 2 is 2.11 bits per heavy atom. The number of anilines is 2. The summed E-state index contributed by atoms with van der Waals surface area (Å²) in [4.78, 5) is 25.7. The molecule has 1 N–H and O–H groups in total. The number of amides is 1. The Labute approximate surface area is 167 Å². The van der Waals surface area contributed by atoms with Gasteiger partial charge in [-0.1, -0.05) is 0 Å². The number of piperidine rings is 2. The summed E-state index contributed by atoms with van der Waals surface area (Å²) in [5.74, 6) is 2.19. The molecular weight excluding hydrogens is 354 g/mol. The van der Waals surface area contributed by atoms with Gasteiger partial charge < -0.3 is 19.9 Å². The molecule has 1 aromatic heterocycles. The molecule has 0 saturated carbocycles. The molecule has 154 valence electrons. The van der Waals surface area contributed by atoms with E-state index in [1.54, 1.807) is 6.33 Å². The predicted molar refractivity (Wildman–Crippen MR) is 109 cm³/mol. The first-order valence-corrected chi connectivity index (χ1v) is 10.8. The predicted octanol–water partition coefficient (Wildman–Crippen LogP) is 2.68. The molecule has 1 aromatic rings. The van der Waals surface area contributed by atoms with E-state index in [-0.39, 0.29) is 11.5 Å². The largest absolute Gasteiger partial charge is 0.376 e. The van der Waals surface area contributed by atoms with Crippen LogP contribution < -0.4 is 10.2 Å². The molecular formula is C21H33N5O2. The van der Waals surface area contributed by atoms with Crippen molar-refractivity contribution in [1.82, 2.24) is 14.9 Å². The van der Waals surface area contributed by atoms with Crippen LogP contribution in [-0.4, -0.2) is 65.7 Å². The highest BCUT2D eigenvalue weighted by atomic mass is 16.5. The van der Waals surface area contributed by atoms with Gasteiger partial charge in [0.25, 0.3) is 0 Å². The number of carbonyl (C=O) groups excluding carboxylic acids is 1. The van der Waals surface area contributed by atoms with E-state index in [1.165, 1.54) is 0 Å². The fourth-order valence-corrected chi connectivity index (χ4v) is 4.82. The molecule has 4 heterocycles. The zero-order chi connectivity index (χ0) is 19.6. The Balaban J connectivity index is 1.37. The Kier molecular flexibility index (Phi) is 5.71. The lowest BCUT2D eigenvalue weighted by Gasteiger charge is -2.48. The van der Waals surface area contributed by atoms with Crippen molar-refractivity contribution in [1.29, 1.82) is 0 Å². The van der Waals surface area contributed by atoms with E-state index >= 15 is 0 Å². The fraction of sp³-hybridized carbons (Fsp3) is 0.762. The van der Waals surface area contributed by atoms with Crippen molar-refractivity contribution in [2.75, 3.05) is 43.0 Å². The van der Waals surface area contributed by atoms with Crippen molar-refractivity contribution < 1.29 is 9.53 Å². The van der Waals surface area contributed by atoms with Gasteiger partial charge in [-0.3, -0.25) is 4.79 Å². The van der Waals surface area contributed by atoms with Gasteiger partial charge in [0.15, 0.2) is 0 Å². The quantitative estimate of drug-likeness (QED) is 0.838. The summed E-state index contributed by atoms with van der Waals surface area (Å²) in [5.41, 5.74) is 0.259. The summed E-state index contributed by atoms with van der Waals surface area (Å²) in [6.07, 6.45) is 8.02. The highest BCUT2D eigenvalue weighted by molar-refractivity contribution is 5.77. The number of aromatic nitrogens is 2. The minimum atomic E-state index is 0.243. The zero-order valence-corrected chi connectivity index (χ0v) is 17.2. The van der Waals surface area contributed by atoms with Gasteiger partial charge in [-0.25, -0.2) is 9.97 Å². The average molecular weight is 388 g/mol. The van der Waals surface area contributed by atoms with E-state index in [2.05, 4.69) is 38.9 Å². The molecule has 1 atom stereocenters. The van der Waals surface area contributed by atoms with Crippen LogP contribution in [0.5, 0.6) is 0 Å². The molecule has 4 rings (SSSR count). The molecule has 0 aliphatic carbocycles. The van der Waals surface area contributed by atoms with E-state index in [1.807, 2.05) is 6.07 Å². The second-order valence-corrected chi connectivity index (χ2v) is 8.96. The molecule has 0 aromatic carbocycles. The van der Waals surface area contributed by atoms with Crippen LogP contribution in [0, 0.1) is 5.41 Å². The number of hydrogen-bond donors (Lipinski definition) is 1. The van der Waals surface area contributed by atoms with Gasteiger partial charge in [-0.15, -0.1) is 0 Å². The second-order valence-electron chi connectivity index (χ2n) is 8.96. The van der Waals surface area contributed by atoms with Crippen molar-refractivity contribution in [3.63, 3.8) is 0 Å². The SMILES string of the molecule is CC(C)Nc1cc(N2CCC3(CCC(=O)N(C[C@@H]4CCCO4)C3)CC2)ncn1. The van der Waals surface area contributed by atoms with Crippen LogP contribution in [0.2, 0.25) is 0 Å². The normalized spacial score (nSPS) is 25.0. The van der Waals surface area contributed by atoms with Crippen LogP contribution in [0.15, 0.2) is 12.4 Å². The fourth-order valence-electron chi connectivity index (χ4n) is 4.82. The molecule has 0 bridgehead atoms. The number of rotatable bonds is 5. The maximum absolute atomic E-state index is 12.5. The lowest BCUT2D eigenvalue weighted by molar-refractivity contribution is -0.140. The van der Waals surface area contributed by atoms with E-state index in [0.717, 1.165) is 76.5 Å². The van der Waals surface area contributed by atoms with Crippen molar-refractivity contribution in [3.05, 3.63) is 12.4 Å². The van der Waals surface area contributed by atoms with Gasteiger partial charge in [0.1, 0.15) is 18.0 Å². The molecule has 3 aliphatic heterocycles. The number of ether oxygens (including phenoxy) is 1. The summed E-state index contributed by atoms with van der Waals surface area (Å²) >= 11 is 0. The van der Waals surface area contributed by atoms with Crippen molar-refractivity contribution in [3.8, 4) is 0 Å². The summed E-state index contributed by atoms with van der Waals surface area (Å²) in [5, 5.41) is 3.35. The zero-order valence-electron chi connectivity index (χ0n) is 17.2. The van der Waals surface area contributed by atoms with Gasteiger partial charge >= 0.3 is 0 Å². The van der Waals surface area contributed by atoms with Gasteiger partial charge in [0.05, 0.1) is 6.10 Å². The smallest absolute Gasteiger partial charge is 0.222 e. The summed E-state index contributed by atoms with van der Waals surface area (Å²) in [6, 6.07) is 2.40. The first-order chi connectivity index (χ1) is 13.5. The molecule has 3 aliphatic rings. The Bertz CT molecular complexity index is 681. The number of nitrogens with one attached hydrogen (secondary N) is 1. The van der Waals surface area contributed by atoms with Crippen molar-refractivity contribution in [2.45, 2.75) is 64.5 Å². The molecule has 0 unspecified atom stereocenters. The molecule has 7 heteroatoms. The van der Waals surface area contributed by atoms with Crippen LogP contribution >= 0.6 is 0 Å². The molecule has 7 nitrogen and oxygen atoms in total. The van der Waals surface area contributed by atoms with E-state index in [9.17, 15) is 4.79 Å². The molecule has 28 heavy (non-hydrogen) atoms. The Morgan fingerprint density at radius 1 is 1.29 bits per heavy atom. The minimum absolute atomic E-state index is 0.243. The van der Waals surface area contributed by atoms with E-state index in [0.29, 0.717) is 18.4 Å². The average Bonchev–Trinajstić information content (AvgIpc) is 3.18. The minimum Gasteiger partial charge on any atom is -0.376 e. The maximum atomic E-state index is 12.5. The summed E-state index contributed by atoms with van der Waals surface area (Å²) in [7, 11) is 0. The van der Waals surface area contributed by atoms with Gasteiger partial charge in [0.2, 0.25) is 5.91 Å². The second kappa shape index (κ2) is 8.23. The van der Waals surface area contributed by atoms with Crippen LogP contribution in [0.3, 0.4) is 0 Å². The Morgan fingerprint density at radius 3 is 2.82 bits per heavy atom. The molecule has 3 fully saturated rings. The van der Waals surface area contributed by atoms with Gasteiger partial charge in [-0.2, -0.15) is 0 Å². The highest BCUT2D eigenvalue weighted by Crippen LogP contribution is 2.41. The number of likely N-dealkylation sites (tertiary alicyclic amines) is 1. The first-order valence-electron chi connectivity index (χ1n) is 10.8. The first kappa shape index (κ1) is 19.4. The van der Waals surface area contributed by atoms with Crippen molar-refractivity contribution in [2.24, 2.45) is 5.41 Å². The Hall–Kier alpha value is -1.89. The summed E-state index contributed by atoms with van der Waals surface area (Å²) < 4.78 is 5.77. The number of nitrogens with zero attached hydrogens (tertiary/aromatic N) is 4. The lowest BCUT2D eigenvalue weighted by atomic mass is 9.72. The number of hydrogen-bond acceptors (Lipinski definition) is 6. The van der Waals surface area contributed by atoms with Crippen LogP contribution in [-0.2, 0) is 9.53 Å². The molecule has 0 radical (unpaired) electrons. The number of carbonyl (C=O) groups is 1. The maximum Gasteiger partial charge on any atom is 0.222 e. The molecule has 1 spiro atoms. The van der Waals surface area contributed by atoms with Gasteiger partial charge in [-0.05, 0) is 51.4 Å². The summed E-state index contributed by atoms with van der Waals surface area (Å²) in [6.45, 7) is 8.71. The van der Waals surface area contributed by atoms with Crippen LogP contribution in [0.25, 0.3) is 0 Å². The van der Waals surface area contributed by atoms with Gasteiger partial charge in [0, 0.05) is 51.3 Å². The lowest BCUT2D eigenvalue weighted by Crippen LogP contribution is -2.53. The van der Waals surface area contributed by atoms with E-state index < -0.39 is 0 Å². The molecule has 1 amide bonds. The topological polar surface area (TPSA) is 70.6 Å². The standard InChI is InChI=1S/C21H33N5O2/c1-16(2)24-18-12-19(23-15-22-18)25-9-7-21(8-10-25)6-5-20(27)26(14-21)13-17-4-3-11-28-17/h12,15-17H,3-11,13-14H2,1-2H3,(H,22,23,24)/t17-/m0/s1. The third-order valence-electron chi connectivity index (χ3n) is 6.43.